The van der Waals surface area contributed by atoms with E-state index >= 15 is 0 Å². The third kappa shape index (κ3) is 2.82. The van der Waals surface area contributed by atoms with Gasteiger partial charge in [-0.05, 0) is 30.7 Å². The van der Waals surface area contributed by atoms with Crippen LogP contribution in [-0.2, 0) is 13.5 Å². The molecule has 0 atom stereocenters. The molecule has 1 heterocycles. The predicted molar refractivity (Wildman–Crippen MR) is 70.1 cm³/mol. The lowest BCUT2D eigenvalue weighted by Gasteiger charge is -2.04. The summed E-state index contributed by atoms with van der Waals surface area (Å²) in [7, 11) is 1.85. The highest BCUT2D eigenvalue weighted by molar-refractivity contribution is 9.10. The molecule has 0 radical (unpaired) electrons. The van der Waals surface area contributed by atoms with Gasteiger partial charge in [0.1, 0.15) is 0 Å². The minimum atomic E-state index is 0.105. The standard InChI is InChI=1S/C13H13BrN2O/c1-9-7-10(14)3-4-12(9)13(17)8-11-5-6-16(2)15-11/h3-7H,8H2,1-2H3. The van der Waals surface area contributed by atoms with Crippen molar-refractivity contribution < 1.29 is 4.79 Å². The molecule has 17 heavy (non-hydrogen) atoms. The normalized spacial score (nSPS) is 10.5. The van der Waals surface area contributed by atoms with Crippen molar-refractivity contribution in [1.29, 1.82) is 0 Å². The second kappa shape index (κ2) is 4.84. The Morgan fingerprint density at radius 2 is 2.18 bits per heavy atom. The molecule has 1 aromatic carbocycles. The van der Waals surface area contributed by atoms with E-state index in [0.717, 1.165) is 21.3 Å². The second-order valence-corrected chi connectivity index (χ2v) is 4.96. The van der Waals surface area contributed by atoms with Gasteiger partial charge in [0, 0.05) is 23.3 Å². The average Bonchev–Trinajstić information content (AvgIpc) is 2.63. The molecule has 3 nitrogen and oxygen atoms in total. The zero-order chi connectivity index (χ0) is 12.4. The highest BCUT2D eigenvalue weighted by Crippen LogP contribution is 2.17. The smallest absolute Gasteiger partial charge is 0.169 e. The fraction of sp³-hybridized carbons (Fsp3) is 0.231. The van der Waals surface area contributed by atoms with E-state index in [-0.39, 0.29) is 5.78 Å². The topological polar surface area (TPSA) is 34.9 Å². The van der Waals surface area contributed by atoms with Gasteiger partial charge in [0.05, 0.1) is 12.1 Å². The molecule has 0 N–H and O–H groups in total. The number of aryl methyl sites for hydroxylation is 2. The molecule has 0 saturated heterocycles. The number of rotatable bonds is 3. The Balaban J connectivity index is 2.20. The fourth-order valence-corrected chi connectivity index (χ4v) is 2.23. The van der Waals surface area contributed by atoms with Crippen LogP contribution in [0.4, 0.5) is 0 Å². The van der Waals surface area contributed by atoms with Gasteiger partial charge in [0.2, 0.25) is 0 Å². The molecule has 4 heteroatoms. The third-order valence-corrected chi connectivity index (χ3v) is 3.09. The van der Waals surface area contributed by atoms with Crippen LogP contribution < -0.4 is 0 Å². The Hall–Kier alpha value is -1.42. The Kier molecular flexibility index (Phi) is 3.43. The van der Waals surface area contributed by atoms with Crippen LogP contribution in [0.3, 0.4) is 0 Å². The van der Waals surface area contributed by atoms with Gasteiger partial charge < -0.3 is 0 Å². The highest BCUT2D eigenvalue weighted by atomic mass is 79.9. The molecule has 2 aromatic rings. The van der Waals surface area contributed by atoms with Crippen molar-refractivity contribution in [2.75, 3.05) is 0 Å². The Morgan fingerprint density at radius 1 is 1.41 bits per heavy atom. The molecule has 0 unspecified atom stereocenters. The van der Waals surface area contributed by atoms with Gasteiger partial charge in [-0.15, -0.1) is 0 Å². The lowest BCUT2D eigenvalue weighted by atomic mass is 10.0. The largest absolute Gasteiger partial charge is 0.294 e. The first-order valence-corrected chi connectivity index (χ1v) is 6.13. The second-order valence-electron chi connectivity index (χ2n) is 4.04. The molecule has 0 spiro atoms. The SMILES string of the molecule is Cc1cc(Br)ccc1C(=O)Cc1ccn(C)n1. The molecule has 0 amide bonds. The quantitative estimate of drug-likeness (QED) is 0.816. The minimum Gasteiger partial charge on any atom is -0.294 e. The van der Waals surface area contributed by atoms with Gasteiger partial charge >= 0.3 is 0 Å². The van der Waals surface area contributed by atoms with E-state index in [1.54, 1.807) is 4.68 Å². The van der Waals surface area contributed by atoms with E-state index in [2.05, 4.69) is 21.0 Å². The summed E-state index contributed by atoms with van der Waals surface area (Å²) in [5, 5.41) is 4.21. The van der Waals surface area contributed by atoms with Crippen LogP contribution in [0.2, 0.25) is 0 Å². The Morgan fingerprint density at radius 3 is 2.76 bits per heavy atom. The number of nitrogens with zero attached hydrogens (tertiary/aromatic N) is 2. The number of benzene rings is 1. The monoisotopic (exact) mass is 292 g/mol. The van der Waals surface area contributed by atoms with Crippen LogP contribution >= 0.6 is 15.9 Å². The van der Waals surface area contributed by atoms with E-state index in [9.17, 15) is 4.79 Å². The molecule has 0 aliphatic heterocycles. The number of halogens is 1. The molecule has 0 bridgehead atoms. The summed E-state index contributed by atoms with van der Waals surface area (Å²) in [4.78, 5) is 12.1. The molecular weight excluding hydrogens is 280 g/mol. The summed E-state index contributed by atoms with van der Waals surface area (Å²) in [6, 6.07) is 7.56. The number of hydrogen-bond acceptors (Lipinski definition) is 2. The molecular formula is C13H13BrN2O. The van der Waals surface area contributed by atoms with E-state index in [0.29, 0.717) is 6.42 Å². The number of hydrogen-bond donors (Lipinski definition) is 0. The first-order valence-electron chi connectivity index (χ1n) is 5.34. The van der Waals surface area contributed by atoms with Gasteiger partial charge in [-0.1, -0.05) is 22.0 Å². The maximum atomic E-state index is 12.1. The molecule has 1 aromatic heterocycles. The van der Waals surface area contributed by atoms with Gasteiger partial charge in [-0.25, -0.2) is 0 Å². The van der Waals surface area contributed by atoms with Crippen LogP contribution in [-0.4, -0.2) is 15.6 Å². The molecule has 0 aliphatic carbocycles. The lowest BCUT2D eigenvalue weighted by molar-refractivity contribution is 0.0991. The lowest BCUT2D eigenvalue weighted by Crippen LogP contribution is -2.06. The van der Waals surface area contributed by atoms with Crippen LogP contribution in [0.25, 0.3) is 0 Å². The number of carbonyl (C=O) groups excluding carboxylic acids is 1. The summed E-state index contributed by atoms with van der Waals surface area (Å²) in [6.45, 7) is 1.94. The molecule has 0 fully saturated rings. The molecule has 2 rings (SSSR count). The van der Waals surface area contributed by atoms with E-state index < -0.39 is 0 Å². The van der Waals surface area contributed by atoms with Crippen molar-refractivity contribution in [3.8, 4) is 0 Å². The maximum Gasteiger partial charge on any atom is 0.169 e. The molecule has 0 saturated carbocycles. The predicted octanol–water partition coefficient (Wildman–Crippen LogP) is 2.92. The van der Waals surface area contributed by atoms with Crippen molar-refractivity contribution in [2.24, 2.45) is 7.05 Å². The summed E-state index contributed by atoms with van der Waals surface area (Å²) in [5.74, 6) is 0.105. The summed E-state index contributed by atoms with van der Waals surface area (Å²) >= 11 is 3.39. The summed E-state index contributed by atoms with van der Waals surface area (Å²) in [5.41, 5.74) is 2.55. The van der Waals surface area contributed by atoms with Crippen LogP contribution in [0.1, 0.15) is 21.6 Å². The third-order valence-electron chi connectivity index (χ3n) is 2.60. The van der Waals surface area contributed by atoms with Crippen LogP contribution in [0.15, 0.2) is 34.9 Å². The average molecular weight is 293 g/mol. The van der Waals surface area contributed by atoms with Crippen LogP contribution in [0.5, 0.6) is 0 Å². The zero-order valence-corrected chi connectivity index (χ0v) is 11.4. The summed E-state index contributed by atoms with van der Waals surface area (Å²) in [6.07, 6.45) is 2.19. The molecule has 0 aliphatic rings. The summed E-state index contributed by atoms with van der Waals surface area (Å²) < 4.78 is 2.70. The Bertz CT molecular complexity index is 560. The van der Waals surface area contributed by atoms with Crippen molar-refractivity contribution in [2.45, 2.75) is 13.3 Å². The van der Waals surface area contributed by atoms with Crippen molar-refractivity contribution in [3.05, 3.63) is 51.8 Å². The number of carbonyl (C=O) groups is 1. The minimum absolute atomic E-state index is 0.105. The van der Waals surface area contributed by atoms with Gasteiger partial charge in [0.25, 0.3) is 0 Å². The van der Waals surface area contributed by atoms with E-state index in [1.165, 1.54) is 0 Å². The van der Waals surface area contributed by atoms with Crippen molar-refractivity contribution in [3.63, 3.8) is 0 Å². The van der Waals surface area contributed by atoms with Crippen molar-refractivity contribution >= 4 is 21.7 Å². The Labute approximate surface area is 109 Å². The first kappa shape index (κ1) is 12.0. The number of ketones is 1. The van der Waals surface area contributed by atoms with Gasteiger partial charge in [-0.2, -0.15) is 5.10 Å². The highest BCUT2D eigenvalue weighted by Gasteiger charge is 2.11. The molecule has 88 valence electrons. The van der Waals surface area contributed by atoms with Crippen molar-refractivity contribution in [1.82, 2.24) is 9.78 Å². The maximum absolute atomic E-state index is 12.1. The fourth-order valence-electron chi connectivity index (χ4n) is 1.76. The number of Topliss-reactive ketones (excluding diaryl/α,β-unsaturated/α-hetero) is 1. The first-order chi connectivity index (χ1) is 8.06. The van der Waals surface area contributed by atoms with Gasteiger partial charge in [-0.3, -0.25) is 9.48 Å². The van der Waals surface area contributed by atoms with Gasteiger partial charge in [0.15, 0.2) is 5.78 Å². The zero-order valence-electron chi connectivity index (χ0n) is 9.77. The van der Waals surface area contributed by atoms with E-state index in [1.807, 2.05) is 44.4 Å². The van der Waals surface area contributed by atoms with E-state index in [4.69, 9.17) is 0 Å². The van der Waals surface area contributed by atoms with Crippen LogP contribution in [0, 0.1) is 6.92 Å². The number of aromatic nitrogens is 2.